The van der Waals surface area contributed by atoms with E-state index in [1.807, 2.05) is 18.2 Å². The molecule has 1 saturated heterocycles. The highest BCUT2D eigenvalue weighted by Gasteiger charge is 2.58. The fraction of sp³-hybridized carbons (Fsp3) is 0.300. The summed E-state index contributed by atoms with van der Waals surface area (Å²) in [5.41, 5.74) is 1.43. The van der Waals surface area contributed by atoms with Crippen molar-refractivity contribution in [3.8, 4) is 0 Å². The van der Waals surface area contributed by atoms with Crippen LogP contribution in [-0.4, -0.2) is 22.5 Å². The highest BCUT2D eigenvalue weighted by atomic mass is 16.9. The second-order valence-electron chi connectivity index (χ2n) is 6.47. The monoisotopic (exact) mass is 321 g/mol. The molecule has 1 heterocycles. The zero-order valence-corrected chi connectivity index (χ0v) is 13.4. The second kappa shape index (κ2) is 5.87. The van der Waals surface area contributed by atoms with Crippen molar-refractivity contribution in [1.82, 2.24) is 5.06 Å². The Morgan fingerprint density at radius 2 is 1.38 bits per heavy atom. The van der Waals surface area contributed by atoms with Gasteiger partial charge in [0, 0.05) is 16.7 Å². The van der Waals surface area contributed by atoms with Crippen LogP contribution in [0.15, 0.2) is 54.6 Å². The molecule has 2 fully saturated rings. The first kappa shape index (κ1) is 15.1. The molecule has 1 aliphatic heterocycles. The van der Waals surface area contributed by atoms with Crippen molar-refractivity contribution in [3.05, 3.63) is 71.3 Å². The molecule has 0 radical (unpaired) electrons. The SMILES string of the molecule is O=C(c1ccccc1)c1ccc(C(=O)N2OC23CCCCC3)cc1. The summed E-state index contributed by atoms with van der Waals surface area (Å²) in [6.07, 6.45) is 5.26. The number of benzene rings is 2. The van der Waals surface area contributed by atoms with E-state index < -0.39 is 0 Å². The third-order valence-electron chi connectivity index (χ3n) is 4.85. The Kier molecular flexibility index (Phi) is 3.69. The number of hydroxylamine groups is 2. The Labute approximate surface area is 141 Å². The van der Waals surface area contributed by atoms with Gasteiger partial charge in [0.2, 0.25) is 0 Å². The standard InChI is InChI=1S/C20H19NO3/c22-18(15-7-3-1-4-8-15)16-9-11-17(12-10-16)19(23)21-20(24-21)13-5-2-6-14-20/h1,3-4,7-12H,2,5-6,13-14H2. The predicted octanol–water partition coefficient (Wildman–Crippen LogP) is 3.97. The van der Waals surface area contributed by atoms with Crippen LogP contribution in [0.1, 0.15) is 58.4 Å². The Balaban J connectivity index is 1.48. The highest BCUT2D eigenvalue weighted by molar-refractivity contribution is 6.09. The van der Waals surface area contributed by atoms with Gasteiger partial charge in [0.15, 0.2) is 11.5 Å². The molecular weight excluding hydrogens is 302 g/mol. The third kappa shape index (κ3) is 2.63. The summed E-state index contributed by atoms with van der Waals surface area (Å²) >= 11 is 0. The summed E-state index contributed by atoms with van der Waals surface area (Å²) in [6, 6.07) is 16.0. The fourth-order valence-corrected chi connectivity index (χ4v) is 3.41. The summed E-state index contributed by atoms with van der Waals surface area (Å²) in [7, 11) is 0. The van der Waals surface area contributed by atoms with Crippen LogP contribution in [0, 0.1) is 0 Å². The van der Waals surface area contributed by atoms with E-state index in [4.69, 9.17) is 4.84 Å². The van der Waals surface area contributed by atoms with E-state index in [9.17, 15) is 9.59 Å². The van der Waals surface area contributed by atoms with Gasteiger partial charge in [0.05, 0.1) is 0 Å². The first-order valence-corrected chi connectivity index (χ1v) is 8.43. The minimum absolute atomic E-state index is 0.0404. The van der Waals surface area contributed by atoms with Crippen LogP contribution in [0.3, 0.4) is 0 Å². The number of ketones is 1. The largest absolute Gasteiger partial charge is 0.289 e. The van der Waals surface area contributed by atoms with Gasteiger partial charge in [-0.15, -0.1) is 0 Å². The van der Waals surface area contributed by atoms with Crippen molar-refractivity contribution >= 4 is 11.7 Å². The van der Waals surface area contributed by atoms with Crippen LogP contribution in [-0.2, 0) is 4.84 Å². The zero-order valence-electron chi connectivity index (χ0n) is 13.4. The molecule has 1 amide bonds. The lowest BCUT2D eigenvalue weighted by atomic mass is 9.93. The molecule has 4 nitrogen and oxygen atoms in total. The number of carbonyl (C=O) groups is 2. The topological polar surface area (TPSA) is 49.7 Å². The Morgan fingerprint density at radius 1 is 0.792 bits per heavy atom. The lowest BCUT2D eigenvalue weighted by molar-refractivity contribution is 0.0712. The van der Waals surface area contributed by atoms with E-state index in [-0.39, 0.29) is 17.4 Å². The number of carbonyl (C=O) groups excluding carboxylic acids is 2. The van der Waals surface area contributed by atoms with Crippen molar-refractivity contribution in [2.75, 3.05) is 0 Å². The van der Waals surface area contributed by atoms with Gasteiger partial charge < -0.3 is 0 Å². The number of rotatable bonds is 3. The zero-order chi connectivity index (χ0) is 16.6. The van der Waals surface area contributed by atoms with E-state index >= 15 is 0 Å². The van der Waals surface area contributed by atoms with Gasteiger partial charge in [-0.3, -0.25) is 9.59 Å². The molecule has 1 spiro atoms. The molecule has 0 N–H and O–H groups in total. The smallest absolute Gasteiger partial charge is 0.280 e. The van der Waals surface area contributed by atoms with Crippen molar-refractivity contribution in [2.24, 2.45) is 0 Å². The maximum absolute atomic E-state index is 12.5. The van der Waals surface area contributed by atoms with Crippen LogP contribution in [0.2, 0.25) is 0 Å². The second-order valence-corrected chi connectivity index (χ2v) is 6.47. The summed E-state index contributed by atoms with van der Waals surface area (Å²) in [5.74, 6) is -0.156. The lowest BCUT2D eigenvalue weighted by Gasteiger charge is -2.16. The van der Waals surface area contributed by atoms with Gasteiger partial charge in [-0.1, -0.05) is 48.9 Å². The Bertz CT molecular complexity index is 761. The normalized spacial score (nSPS) is 18.4. The van der Waals surface area contributed by atoms with Gasteiger partial charge in [-0.2, -0.15) is 5.06 Å². The van der Waals surface area contributed by atoms with E-state index in [1.54, 1.807) is 36.4 Å². The molecule has 2 aromatic rings. The van der Waals surface area contributed by atoms with Gasteiger partial charge >= 0.3 is 0 Å². The molecule has 0 atom stereocenters. The summed E-state index contributed by atoms with van der Waals surface area (Å²) < 4.78 is 0. The van der Waals surface area contributed by atoms with Gasteiger partial charge in [-0.25, -0.2) is 4.84 Å². The summed E-state index contributed by atoms with van der Waals surface area (Å²) in [5, 5.41) is 1.51. The van der Waals surface area contributed by atoms with E-state index in [0.717, 1.165) is 25.7 Å². The average molecular weight is 321 g/mol. The molecule has 2 aromatic carbocycles. The van der Waals surface area contributed by atoms with Crippen LogP contribution in [0.4, 0.5) is 0 Å². The van der Waals surface area contributed by atoms with Crippen molar-refractivity contribution < 1.29 is 14.4 Å². The highest BCUT2D eigenvalue weighted by Crippen LogP contribution is 2.47. The van der Waals surface area contributed by atoms with Crippen LogP contribution in [0.25, 0.3) is 0 Å². The average Bonchev–Trinajstić information content (AvgIpc) is 3.34. The minimum atomic E-state index is -0.353. The molecule has 0 aromatic heterocycles. The first-order valence-electron chi connectivity index (χ1n) is 8.43. The molecule has 1 saturated carbocycles. The molecular formula is C20H19NO3. The quantitative estimate of drug-likeness (QED) is 0.635. The minimum Gasteiger partial charge on any atom is -0.289 e. The molecule has 24 heavy (non-hydrogen) atoms. The van der Waals surface area contributed by atoms with Crippen LogP contribution >= 0.6 is 0 Å². The van der Waals surface area contributed by atoms with E-state index in [0.29, 0.717) is 16.7 Å². The maximum atomic E-state index is 12.5. The lowest BCUT2D eigenvalue weighted by Crippen LogP contribution is -2.26. The Morgan fingerprint density at radius 3 is 2.04 bits per heavy atom. The van der Waals surface area contributed by atoms with Crippen LogP contribution < -0.4 is 0 Å². The predicted molar refractivity (Wildman–Crippen MR) is 89.4 cm³/mol. The summed E-state index contributed by atoms with van der Waals surface area (Å²) in [6.45, 7) is 0. The Hall–Kier alpha value is -2.46. The number of nitrogens with zero attached hydrogens (tertiary/aromatic N) is 1. The molecule has 1 aliphatic carbocycles. The molecule has 4 heteroatoms. The van der Waals surface area contributed by atoms with Crippen molar-refractivity contribution in [2.45, 2.75) is 37.8 Å². The third-order valence-corrected chi connectivity index (χ3v) is 4.85. The van der Waals surface area contributed by atoms with E-state index in [2.05, 4.69) is 0 Å². The number of hydrogen-bond acceptors (Lipinski definition) is 3. The maximum Gasteiger partial charge on any atom is 0.280 e. The summed E-state index contributed by atoms with van der Waals surface area (Å²) in [4.78, 5) is 30.6. The number of amides is 1. The van der Waals surface area contributed by atoms with Crippen molar-refractivity contribution in [3.63, 3.8) is 0 Å². The van der Waals surface area contributed by atoms with E-state index in [1.165, 1.54) is 11.5 Å². The first-order chi connectivity index (χ1) is 11.7. The number of hydrogen-bond donors (Lipinski definition) is 0. The molecule has 2 aliphatic rings. The van der Waals surface area contributed by atoms with Crippen molar-refractivity contribution in [1.29, 1.82) is 0 Å². The molecule has 4 rings (SSSR count). The van der Waals surface area contributed by atoms with Gasteiger partial charge in [0.25, 0.3) is 5.91 Å². The molecule has 0 bridgehead atoms. The fourth-order valence-electron chi connectivity index (χ4n) is 3.41. The molecule has 0 unspecified atom stereocenters. The molecule has 122 valence electrons. The van der Waals surface area contributed by atoms with Crippen LogP contribution in [0.5, 0.6) is 0 Å². The van der Waals surface area contributed by atoms with Gasteiger partial charge in [0.1, 0.15) is 0 Å². The van der Waals surface area contributed by atoms with Gasteiger partial charge in [-0.05, 0) is 37.8 Å².